The maximum atomic E-state index is 12.2. The second-order valence-corrected chi connectivity index (χ2v) is 6.40. The number of benzene rings is 1. The van der Waals surface area contributed by atoms with Crippen molar-refractivity contribution in [1.29, 1.82) is 0 Å². The van der Waals surface area contributed by atoms with Crippen molar-refractivity contribution in [3.8, 4) is 11.5 Å². The molecule has 1 aromatic rings. The third-order valence-electron chi connectivity index (χ3n) is 4.90. The molecule has 0 bridgehead atoms. The maximum absolute atomic E-state index is 12.2. The van der Waals surface area contributed by atoms with Gasteiger partial charge in [-0.2, -0.15) is 0 Å². The fourth-order valence-electron chi connectivity index (χ4n) is 3.79. The lowest BCUT2D eigenvalue weighted by atomic mass is 9.73. The standard InChI is InChI=1S/C18H24O3/c1-2-3-4-7-12-10-15(19)17-13-8-5-6-9-14(13)18(20)21-16(17)11-12/h10-11,13-14,19H,2-9H2,1H3/t13-,14-/m1/s1. The van der Waals surface area contributed by atoms with Crippen molar-refractivity contribution < 1.29 is 14.6 Å². The fourth-order valence-corrected chi connectivity index (χ4v) is 3.79. The average molecular weight is 288 g/mol. The van der Waals surface area contributed by atoms with Crippen LogP contribution >= 0.6 is 0 Å². The third-order valence-corrected chi connectivity index (χ3v) is 4.90. The van der Waals surface area contributed by atoms with Gasteiger partial charge < -0.3 is 9.84 Å². The molecule has 3 rings (SSSR count). The lowest BCUT2D eigenvalue weighted by molar-refractivity contribution is -0.142. The van der Waals surface area contributed by atoms with E-state index in [0.717, 1.165) is 49.7 Å². The number of rotatable bonds is 4. The fraction of sp³-hybridized carbons (Fsp3) is 0.611. The van der Waals surface area contributed by atoms with Crippen molar-refractivity contribution >= 4 is 5.97 Å². The number of carbonyl (C=O) groups excluding carboxylic acids is 1. The van der Waals surface area contributed by atoms with Crippen molar-refractivity contribution in [3.63, 3.8) is 0 Å². The molecule has 1 aliphatic heterocycles. The summed E-state index contributed by atoms with van der Waals surface area (Å²) < 4.78 is 5.53. The summed E-state index contributed by atoms with van der Waals surface area (Å²) in [4.78, 5) is 12.2. The normalized spacial score (nSPS) is 24.1. The molecule has 0 radical (unpaired) electrons. The molecule has 114 valence electrons. The van der Waals surface area contributed by atoms with Crippen LogP contribution in [0.5, 0.6) is 11.5 Å². The van der Waals surface area contributed by atoms with Crippen LogP contribution in [-0.2, 0) is 11.2 Å². The van der Waals surface area contributed by atoms with Gasteiger partial charge in [0.05, 0.1) is 5.92 Å². The van der Waals surface area contributed by atoms with Gasteiger partial charge in [-0.1, -0.05) is 32.6 Å². The molecular weight excluding hydrogens is 264 g/mol. The number of esters is 1. The van der Waals surface area contributed by atoms with Gasteiger partial charge in [-0.05, 0) is 43.4 Å². The number of ether oxygens (including phenoxy) is 1. The number of phenols is 1. The van der Waals surface area contributed by atoms with E-state index in [2.05, 4.69) is 6.92 Å². The first-order valence-electron chi connectivity index (χ1n) is 8.28. The summed E-state index contributed by atoms with van der Waals surface area (Å²) in [6.45, 7) is 2.18. The molecule has 1 fully saturated rings. The summed E-state index contributed by atoms with van der Waals surface area (Å²) in [6.07, 6.45) is 8.48. The van der Waals surface area contributed by atoms with Crippen molar-refractivity contribution in [2.75, 3.05) is 0 Å². The van der Waals surface area contributed by atoms with Gasteiger partial charge >= 0.3 is 5.97 Å². The van der Waals surface area contributed by atoms with Crippen LogP contribution in [0.2, 0.25) is 0 Å². The molecule has 1 saturated carbocycles. The number of fused-ring (bicyclic) bond motifs is 3. The van der Waals surface area contributed by atoms with E-state index >= 15 is 0 Å². The molecule has 2 aliphatic rings. The minimum absolute atomic E-state index is 0.0527. The summed E-state index contributed by atoms with van der Waals surface area (Å²) in [6, 6.07) is 3.84. The highest BCUT2D eigenvalue weighted by Gasteiger charge is 2.40. The number of aryl methyl sites for hydroxylation is 1. The topological polar surface area (TPSA) is 46.5 Å². The van der Waals surface area contributed by atoms with Crippen molar-refractivity contribution in [3.05, 3.63) is 23.3 Å². The van der Waals surface area contributed by atoms with E-state index in [1.54, 1.807) is 0 Å². The average Bonchev–Trinajstić information content (AvgIpc) is 2.47. The van der Waals surface area contributed by atoms with E-state index in [1.807, 2.05) is 12.1 Å². The smallest absolute Gasteiger partial charge is 0.314 e. The molecule has 0 saturated heterocycles. The first kappa shape index (κ1) is 14.4. The minimum atomic E-state index is -0.0997. The van der Waals surface area contributed by atoms with Crippen molar-refractivity contribution in [2.45, 2.75) is 64.2 Å². The summed E-state index contributed by atoms with van der Waals surface area (Å²) in [5.74, 6) is 0.929. The number of unbranched alkanes of at least 4 members (excludes halogenated alkanes) is 2. The van der Waals surface area contributed by atoms with Gasteiger partial charge in [0.15, 0.2) is 0 Å². The molecule has 0 spiro atoms. The summed E-state index contributed by atoms with van der Waals surface area (Å²) in [5.41, 5.74) is 1.94. The Morgan fingerprint density at radius 3 is 2.71 bits per heavy atom. The Morgan fingerprint density at radius 2 is 1.95 bits per heavy atom. The molecule has 2 atom stereocenters. The van der Waals surface area contributed by atoms with Crippen LogP contribution in [0.1, 0.15) is 68.9 Å². The Kier molecular flexibility index (Phi) is 4.18. The van der Waals surface area contributed by atoms with Crippen LogP contribution in [0.4, 0.5) is 0 Å². The molecule has 1 aromatic carbocycles. The van der Waals surface area contributed by atoms with Crippen LogP contribution in [0, 0.1) is 5.92 Å². The van der Waals surface area contributed by atoms with Crippen LogP contribution < -0.4 is 4.74 Å². The van der Waals surface area contributed by atoms with Crippen molar-refractivity contribution in [2.24, 2.45) is 5.92 Å². The number of phenolic OH excluding ortho intramolecular Hbond substituents is 1. The number of hydrogen-bond acceptors (Lipinski definition) is 3. The Hall–Kier alpha value is -1.51. The number of hydrogen-bond donors (Lipinski definition) is 1. The van der Waals surface area contributed by atoms with Gasteiger partial charge in [0, 0.05) is 11.5 Å². The third kappa shape index (κ3) is 2.78. The quantitative estimate of drug-likeness (QED) is 0.510. The first-order chi connectivity index (χ1) is 10.2. The van der Waals surface area contributed by atoms with Gasteiger partial charge in [0.1, 0.15) is 11.5 Å². The molecule has 0 aromatic heterocycles. The Labute approximate surface area is 126 Å². The van der Waals surface area contributed by atoms with Crippen LogP contribution in [0.15, 0.2) is 12.1 Å². The predicted molar refractivity (Wildman–Crippen MR) is 81.7 cm³/mol. The van der Waals surface area contributed by atoms with E-state index in [0.29, 0.717) is 11.5 Å². The molecule has 1 N–H and O–H groups in total. The molecule has 3 nitrogen and oxygen atoms in total. The summed E-state index contributed by atoms with van der Waals surface area (Å²) >= 11 is 0. The number of carbonyl (C=O) groups is 1. The van der Waals surface area contributed by atoms with E-state index in [9.17, 15) is 9.90 Å². The molecule has 21 heavy (non-hydrogen) atoms. The summed E-state index contributed by atoms with van der Waals surface area (Å²) in [5, 5.41) is 10.4. The zero-order valence-corrected chi connectivity index (χ0v) is 12.7. The van der Waals surface area contributed by atoms with Crippen LogP contribution in [0.25, 0.3) is 0 Å². The molecule has 1 aliphatic carbocycles. The largest absolute Gasteiger partial charge is 0.508 e. The Bertz CT molecular complexity index is 536. The van der Waals surface area contributed by atoms with Gasteiger partial charge in [0.25, 0.3) is 0 Å². The molecular formula is C18H24O3. The monoisotopic (exact) mass is 288 g/mol. The predicted octanol–water partition coefficient (Wildman–Crippen LogP) is 4.32. The van der Waals surface area contributed by atoms with Gasteiger partial charge in [-0.3, -0.25) is 4.79 Å². The number of aromatic hydroxyl groups is 1. The first-order valence-corrected chi connectivity index (χ1v) is 8.28. The zero-order chi connectivity index (χ0) is 14.8. The highest BCUT2D eigenvalue weighted by atomic mass is 16.5. The summed E-state index contributed by atoms with van der Waals surface area (Å²) in [7, 11) is 0. The van der Waals surface area contributed by atoms with Gasteiger partial charge in [-0.15, -0.1) is 0 Å². The molecule has 0 amide bonds. The highest BCUT2D eigenvalue weighted by molar-refractivity contribution is 5.80. The maximum Gasteiger partial charge on any atom is 0.314 e. The van der Waals surface area contributed by atoms with E-state index in [-0.39, 0.29) is 17.8 Å². The highest BCUT2D eigenvalue weighted by Crippen LogP contribution is 2.49. The van der Waals surface area contributed by atoms with Gasteiger partial charge in [0.2, 0.25) is 0 Å². The molecule has 1 heterocycles. The molecule has 3 heteroatoms. The van der Waals surface area contributed by atoms with Crippen LogP contribution in [0.3, 0.4) is 0 Å². The lowest BCUT2D eigenvalue weighted by Gasteiger charge is -2.35. The van der Waals surface area contributed by atoms with Crippen LogP contribution in [-0.4, -0.2) is 11.1 Å². The van der Waals surface area contributed by atoms with Gasteiger partial charge in [-0.25, -0.2) is 0 Å². The second-order valence-electron chi connectivity index (χ2n) is 6.40. The van der Waals surface area contributed by atoms with E-state index < -0.39 is 0 Å². The lowest BCUT2D eigenvalue weighted by Crippen LogP contribution is -2.33. The van der Waals surface area contributed by atoms with E-state index in [1.165, 1.54) is 12.8 Å². The van der Waals surface area contributed by atoms with Crippen molar-refractivity contribution in [1.82, 2.24) is 0 Å². The van der Waals surface area contributed by atoms with E-state index in [4.69, 9.17) is 4.74 Å². The molecule has 0 unspecified atom stereocenters. The zero-order valence-electron chi connectivity index (χ0n) is 12.7. The SMILES string of the molecule is CCCCCc1cc(O)c2c(c1)OC(=O)[C@@H]1CCCC[C@@H]21. The Balaban J connectivity index is 1.89. The second kappa shape index (κ2) is 6.08. The Morgan fingerprint density at radius 1 is 1.19 bits per heavy atom. The minimum Gasteiger partial charge on any atom is -0.508 e.